The first-order chi connectivity index (χ1) is 15.2. The van der Waals surface area contributed by atoms with Crippen LogP contribution in [0.2, 0.25) is 0 Å². The van der Waals surface area contributed by atoms with Crippen molar-refractivity contribution in [2.45, 2.75) is 64.8 Å². The minimum atomic E-state index is 0.130. The second kappa shape index (κ2) is 10.5. The van der Waals surface area contributed by atoms with Gasteiger partial charge in [-0.3, -0.25) is 9.69 Å². The second-order valence-corrected chi connectivity index (χ2v) is 9.70. The number of ketones is 1. The van der Waals surface area contributed by atoms with E-state index in [4.69, 9.17) is 0 Å². The zero-order chi connectivity index (χ0) is 23.4. The SMILES string of the molecule is CCC(c1nnc(SCC(=O)c2cc(C)n(C(C)C)c2C)n1Cc1ccccc1)N(C)C. The molecule has 2 aromatic heterocycles. The number of aryl methyl sites for hydroxylation is 1. The molecule has 0 radical (unpaired) electrons. The Labute approximate surface area is 196 Å². The highest BCUT2D eigenvalue weighted by Crippen LogP contribution is 2.28. The van der Waals surface area contributed by atoms with E-state index in [1.807, 2.05) is 31.2 Å². The molecule has 172 valence electrons. The summed E-state index contributed by atoms with van der Waals surface area (Å²) < 4.78 is 4.38. The van der Waals surface area contributed by atoms with Crippen molar-refractivity contribution in [2.24, 2.45) is 0 Å². The number of aromatic nitrogens is 4. The van der Waals surface area contributed by atoms with Gasteiger partial charge in [0.1, 0.15) is 0 Å². The molecule has 0 aliphatic heterocycles. The molecule has 0 aliphatic carbocycles. The molecule has 1 atom stereocenters. The molecule has 32 heavy (non-hydrogen) atoms. The average Bonchev–Trinajstić information content (AvgIpc) is 3.27. The molecule has 1 unspecified atom stereocenters. The normalized spacial score (nSPS) is 12.7. The van der Waals surface area contributed by atoms with Crippen LogP contribution in [0, 0.1) is 13.8 Å². The van der Waals surface area contributed by atoms with Gasteiger partial charge in [-0.1, -0.05) is 49.0 Å². The van der Waals surface area contributed by atoms with Gasteiger partial charge in [0.2, 0.25) is 0 Å². The smallest absolute Gasteiger partial charge is 0.192 e. The minimum absolute atomic E-state index is 0.130. The van der Waals surface area contributed by atoms with Gasteiger partial charge in [0.05, 0.1) is 18.3 Å². The molecule has 1 aromatic carbocycles. The van der Waals surface area contributed by atoms with E-state index in [1.165, 1.54) is 17.3 Å². The Morgan fingerprint density at radius 3 is 2.38 bits per heavy atom. The summed E-state index contributed by atoms with van der Waals surface area (Å²) in [5, 5.41) is 9.83. The van der Waals surface area contributed by atoms with Crippen LogP contribution in [-0.4, -0.2) is 49.9 Å². The van der Waals surface area contributed by atoms with Crippen LogP contribution in [0.4, 0.5) is 0 Å². The molecule has 0 spiro atoms. The van der Waals surface area contributed by atoms with Crippen LogP contribution in [-0.2, 0) is 6.54 Å². The highest BCUT2D eigenvalue weighted by Gasteiger charge is 2.24. The standard InChI is InChI=1S/C25H35N5OS/c1-8-22(28(6)7)24-26-27-25(29(24)15-20-12-10-9-11-13-20)32-16-23(31)21-14-18(4)30(17(2)3)19(21)5/h9-14,17,22H,8,15-16H2,1-7H3. The lowest BCUT2D eigenvalue weighted by molar-refractivity contribution is 0.102. The zero-order valence-electron chi connectivity index (χ0n) is 20.3. The zero-order valence-corrected chi connectivity index (χ0v) is 21.1. The molecule has 6 nitrogen and oxygen atoms in total. The van der Waals surface area contributed by atoms with E-state index in [2.05, 4.69) is 78.2 Å². The third-order valence-corrected chi connectivity index (χ3v) is 6.84. The van der Waals surface area contributed by atoms with Gasteiger partial charge in [0.25, 0.3) is 0 Å². The first kappa shape index (κ1) is 24.3. The maximum atomic E-state index is 13.1. The maximum absolute atomic E-state index is 13.1. The Balaban J connectivity index is 1.87. The molecular weight excluding hydrogens is 418 g/mol. The van der Waals surface area contributed by atoms with E-state index in [9.17, 15) is 4.79 Å². The largest absolute Gasteiger partial charge is 0.346 e. The van der Waals surface area contributed by atoms with Gasteiger partial charge in [0, 0.05) is 23.0 Å². The van der Waals surface area contributed by atoms with Crippen molar-refractivity contribution >= 4 is 17.5 Å². The monoisotopic (exact) mass is 453 g/mol. The van der Waals surface area contributed by atoms with Crippen LogP contribution in [0.1, 0.15) is 72.4 Å². The third-order valence-electron chi connectivity index (χ3n) is 5.87. The molecule has 3 aromatic rings. The van der Waals surface area contributed by atoms with Crippen LogP contribution in [0.3, 0.4) is 0 Å². The predicted octanol–water partition coefficient (Wildman–Crippen LogP) is 5.31. The molecule has 3 rings (SSSR count). The lowest BCUT2D eigenvalue weighted by Crippen LogP contribution is -2.23. The van der Waals surface area contributed by atoms with Crippen LogP contribution in [0.5, 0.6) is 0 Å². The maximum Gasteiger partial charge on any atom is 0.192 e. The van der Waals surface area contributed by atoms with Crippen molar-refractivity contribution in [3.63, 3.8) is 0 Å². The van der Waals surface area contributed by atoms with E-state index >= 15 is 0 Å². The Morgan fingerprint density at radius 1 is 1.12 bits per heavy atom. The molecule has 0 N–H and O–H groups in total. The van der Waals surface area contributed by atoms with Crippen molar-refractivity contribution in [3.8, 4) is 0 Å². The first-order valence-corrected chi connectivity index (χ1v) is 12.2. The highest BCUT2D eigenvalue weighted by atomic mass is 32.2. The topological polar surface area (TPSA) is 56.0 Å². The fraction of sp³-hybridized carbons (Fsp3) is 0.480. The Bertz CT molecular complexity index is 1050. The van der Waals surface area contributed by atoms with Crippen LogP contribution in [0.15, 0.2) is 41.6 Å². The van der Waals surface area contributed by atoms with E-state index in [-0.39, 0.29) is 11.8 Å². The lowest BCUT2D eigenvalue weighted by Gasteiger charge is -2.23. The van der Waals surface area contributed by atoms with Gasteiger partial charge in [-0.15, -0.1) is 10.2 Å². The molecule has 2 heterocycles. The summed E-state index contributed by atoms with van der Waals surface area (Å²) in [7, 11) is 4.13. The fourth-order valence-corrected chi connectivity index (χ4v) is 5.24. The molecule has 0 saturated carbocycles. The molecular formula is C25H35N5OS. The van der Waals surface area contributed by atoms with E-state index in [0.29, 0.717) is 18.3 Å². The van der Waals surface area contributed by atoms with Crippen molar-refractivity contribution in [1.82, 2.24) is 24.2 Å². The van der Waals surface area contributed by atoms with E-state index < -0.39 is 0 Å². The van der Waals surface area contributed by atoms with Gasteiger partial charge in [-0.25, -0.2) is 0 Å². The number of hydrogen-bond donors (Lipinski definition) is 0. The number of carbonyl (C=O) groups excluding carboxylic acids is 1. The fourth-order valence-electron chi connectivity index (χ4n) is 4.41. The molecule has 0 fully saturated rings. The van der Waals surface area contributed by atoms with Gasteiger partial charge in [-0.05, 0) is 59.8 Å². The van der Waals surface area contributed by atoms with Gasteiger partial charge < -0.3 is 9.13 Å². The highest BCUT2D eigenvalue weighted by molar-refractivity contribution is 7.99. The minimum Gasteiger partial charge on any atom is -0.346 e. The Hall–Kier alpha value is -2.38. The molecule has 7 heteroatoms. The Morgan fingerprint density at radius 2 is 1.81 bits per heavy atom. The van der Waals surface area contributed by atoms with Crippen molar-refractivity contribution in [1.29, 1.82) is 0 Å². The van der Waals surface area contributed by atoms with Crippen molar-refractivity contribution < 1.29 is 4.79 Å². The summed E-state index contributed by atoms with van der Waals surface area (Å²) in [5.41, 5.74) is 4.15. The third kappa shape index (κ3) is 5.15. The summed E-state index contributed by atoms with van der Waals surface area (Å²) in [4.78, 5) is 15.3. The molecule has 0 amide bonds. The molecule has 0 aliphatic rings. The number of nitrogens with zero attached hydrogens (tertiary/aromatic N) is 5. The van der Waals surface area contributed by atoms with E-state index in [0.717, 1.165) is 34.4 Å². The number of thioether (sulfide) groups is 1. The van der Waals surface area contributed by atoms with Crippen LogP contribution < -0.4 is 0 Å². The predicted molar refractivity (Wildman–Crippen MR) is 132 cm³/mol. The Kier molecular flexibility index (Phi) is 7.96. The summed E-state index contributed by atoms with van der Waals surface area (Å²) in [6, 6.07) is 12.8. The quantitative estimate of drug-likeness (QED) is 0.307. The average molecular weight is 454 g/mol. The van der Waals surface area contributed by atoms with Gasteiger partial charge in [-0.2, -0.15) is 0 Å². The second-order valence-electron chi connectivity index (χ2n) is 8.76. The number of benzene rings is 1. The van der Waals surface area contributed by atoms with Crippen LogP contribution >= 0.6 is 11.8 Å². The van der Waals surface area contributed by atoms with E-state index in [1.54, 1.807) is 0 Å². The van der Waals surface area contributed by atoms with Crippen LogP contribution in [0.25, 0.3) is 0 Å². The van der Waals surface area contributed by atoms with Crippen molar-refractivity contribution in [2.75, 3.05) is 19.8 Å². The first-order valence-electron chi connectivity index (χ1n) is 11.2. The number of hydrogen-bond acceptors (Lipinski definition) is 5. The summed E-state index contributed by atoms with van der Waals surface area (Å²) >= 11 is 1.47. The number of carbonyl (C=O) groups is 1. The number of Topliss-reactive ketones (excluding diaryl/α,β-unsaturated/α-hetero) is 1. The summed E-state index contributed by atoms with van der Waals surface area (Å²) in [6.07, 6.45) is 0.935. The summed E-state index contributed by atoms with van der Waals surface area (Å²) in [6.45, 7) is 11.2. The number of rotatable bonds is 10. The molecule has 0 bridgehead atoms. The lowest BCUT2D eigenvalue weighted by atomic mass is 10.2. The van der Waals surface area contributed by atoms with Gasteiger partial charge in [0.15, 0.2) is 16.8 Å². The summed E-state index contributed by atoms with van der Waals surface area (Å²) in [5.74, 6) is 1.41. The van der Waals surface area contributed by atoms with Crippen molar-refractivity contribution in [3.05, 3.63) is 64.7 Å². The van der Waals surface area contributed by atoms with Gasteiger partial charge >= 0.3 is 0 Å². The molecule has 0 saturated heterocycles.